The zero-order valence-corrected chi connectivity index (χ0v) is 21.7. The quantitative estimate of drug-likeness (QED) is 0.247. The lowest BCUT2D eigenvalue weighted by Crippen LogP contribution is -2.27. The van der Waals surface area contributed by atoms with Crippen LogP contribution in [0, 0.1) is 5.41 Å². The molecule has 0 radical (unpaired) electrons. The monoisotopic (exact) mass is 487 g/mol. The first kappa shape index (κ1) is 24.9. The van der Waals surface area contributed by atoms with Crippen molar-refractivity contribution in [3.8, 4) is 5.75 Å². The van der Waals surface area contributed by atoms with Crippen molar-refractivity contribution in [3.63, 3.8) is 0 Å². The number of nitrogens with zero attached hydrogens (tertiary/aromatic N) is 1. The lowest BCUT2D eigenvalue weighted by molar-refractivity contribution is -0.146. The molecule has 4 rings (SSSR count). The predicted octanol–water partition coefficient (Wildman–Crippen LogP) is 6.92. The van der Waals surface area contributed by atoms with Crippen molar-refractivity contribution in [2.45, 2.75) is 43.8 Å². The van der Waals surface area contributed by atoms with Gasteiger partial charge < -0.3 is 14.4 Å². The fourth-order valence-corrected chi connectivity index (χ4v) is 5.51. The summed E-state index contributed by atoms with van der Waals surface area (Å²) in [4.78, 5) is 13.0. The molecule has 0 amide bonds. The Bertz CT molecular complexity index is 1310. The zero-order chi connectivity index (χ0) is 25.0. The number of ether oxygens (including phenoxy) is 1. The first-order chi connectivity index (χ1) is 16.8. The number of hydrogen-bond acceptors (Lipinski definition) is 3. The maximum atomic E-state index is 11.9. The van der Waals surface area contributed by atoms with Crippen molar-refractivity contribution in [1.29, 1.82) is 0 Å². The normalized spacial score (nSPS) is 11.7. The second kappa shape index (κ2) is 10.6. The molecule has 0 unspecified atom stereocenters. The summed E-state index contributed by atoms with van der Waals surface area (Å²) < 4.78 is 7.56. The summed E-state index contributed by atoms with van der Waals surface area (Å²) in [5.74, 6) is 0.831. The molecule has 0 saturated carbocycles. The standard InChI is InChI=1S/C30H33NO3S/c1-30(2,29(32)33)19-27-28(25-17-16-24(34-4)18-26(25)31(27)3)35-20-23-14-12-22(13-15-23)11-10-21-8-6-5-7-9-21/h5-9,12-18H,10-11,19-20H2,1-4H3,(H,32,33). The van der Waals surface area contributed by atoms with Crippen LogP contribution in [0.5, 0.6) is 5.75 Å². The van der Waals surface area contributed by atoms with E-state index in [4.69, 9.17) is 4.74 Å². The third-order valence-electron chi connectivity index (χ3n) is 6.62. The highest BCUT2D eigenvalue weighted by molar-refractivity contribution is 7.98. The largest absolute Gasteiger partial charge is 0.497 e. The summed E-state index contributed by atoms with van der Waals surface area (Å²) in [7, 11) is 3.68. The summed E-state index contributed by atoms with van der Waals surface area (Å²) in [6.45, 7) is 3.58. The molecule has 0 saturated heterocycles. The Morgan fingerprint density at radius 1 is 0.943 bits per heavy atom. The van der Waals surface area contributed by atoms with E-state index in [0.717, 1.165) is 45.8 Å². The number of thioether (sulfide) groups is 1. The van der Waals surface area contributed by atoms with Gasteiger partial charge in [-0.2, -0.15) is 0 Å². The minimum Gasteiger partial charge on any atom is -0.497 e. The van der Waals surface area contributed by atoms with Crippen LogP contribution in [0.3, 0.4) is 0 Å². The van der Waals surface area contributed by atoms with Crippen molar-refractivity contribution in [3.05, 3.63) is 95.2 Å². The number of carboxylic acids is 1. The van der Waals surface area contributed by atoms with Gasteiger partial charge in [0.2, 0.25) is 0 Å². The highest BCUT2D eigenvalue weighted by Crippen LogP contribution is 2.39. The average Bonchev–Trinajstić information content (AvgIpc) is 3.12. The van der Waals surface area contributed by atoms with E-state index >= 15 is 0 Å². The molecule has 0 fully saturated rings. The second-order valence-electron chi connectivity index (χ2n) is 9.67. The van der Waals surface area contributed by atoms with Gasteiger partial charge in [-0.3, -0.25) is 4.79 Å². The molecule has 4 aromatic rings. The highest BCUT2D eigenvalue weighted by atomic mass is 32.2. The number of aliphatic carboxylic acids is 1. The SMILES string of the molecule is COc1ccc2c(SCc3ccc(CCc4ccccc4)cc3)c(CC(C)(C)C(=O)O)n(C)c2c1. The molecular formula is C30H33NO3S. The number of carbonyl (C=O) groups is 1. The Hall–Kier alpha value is -3.18. The van der Waals surface area contributed by atoms with Crippen molar-refractivity contribution in [2.75, 3.05) is 7.11 Å². The number of aryl methyl sites for hydroxylation is 3. The maximum Gasteiger partial charge on any atom is 0.309 e. The fourth-order valence-electron chi connectivity index (χ4n) is 4.31. The molecule has 35 heavy (non-hydrogen) atoms. The van der Waals surface area contributed by atoms with Gasteiger partial charge >= 0.3 is 5.97 Å². The molecule has 0 aliphatic heterocycles. The van der Waals surface area contributed by atoms with E-state index in [-0.39, 0.29) is 0 Å². The van der Waals surface area contributed by atoms with E-state index in [9.17, 15) is 9.90 Å². The van der Waals surface area contributed by atoms with E-state index in [2.05, 4.69) is 65.2 Å². The molecule has 0 aliphatic rings. The van der Waals surface area contributed by atoms with Crippen LogP contribution in [0.4, 0.5) is 0 Å². The third kappa shape index (κ3) is 5.73. The number of rotatable bonds is 10. The minimum absolute atomic E-state index is 0.455. The molecule has 182 valence electrons. The minimum atomic E-state index is -0.859. The Balaban J connectivity index is 1.55. The highest BCUT2D eigenvalue weighted by Gasteiger charge is 2.31. The van der Waals surface area contributed by atoms with E-state index in [0.29, 0.717) is 6.42 Å². The molecule has 1 N–H and O–H groups in total. The fraction of sp³-hybridized carbons (Fsp3) is 0.300. The van der Waals surface area contributed by atoms with Crippen LogP contribution >= 0.6 is 11.8 Å². The van der Waals surface area contributed by atoms with Gasteiger partial charge in [-0.05, 0) is 55.5 Å². The van der Waals surface area contributed by atoms with E-state index in [1.54, 1.807) is 32.7 Å². The number of aromatic nitrogens is 1. The van der Waals surface area contributed by atoms with Gasteiger partial charge in [0.1, 0.15) is 5.75 Å². The third-order valence-corrected chi connectivity index (χ3v) is 7.84. The average molecular weight is 488 g/mol. The molecule has 1 heterocycles. The Morgan fingerprint density at radius 2 is 1.57 bits per heavy atom. The summed E-state index contributed by atoms with van der Waals surface area (Å²) in [6, 6.07) is 25.5. The Labute approximate surface area is 211 Å². The van der Waals surface area contributed by atoms with Gasteiger partial charge in [0, 0.05) is 41.3 Å². The van der Waals surface area contributed by atoms with Gasteiger partial charge in [0.15, 0.2) is 0 Å². The lowest BCUT2D eigenvalue weighted by atomic mass is 9.88. The van der Waals surface area contributed by atoms with Gasteiger partial charge in [0.05, 0.1) is 18.0 Å². The van der Waals surface area contributed by atoms with Crippen LogP contribution in [0.15, 0.2) is 77.7 Å². The van der Waals surface area contributed by atoms with E-state index in [1.807, 2.05) is 19.2 Å². The molecule has 5 heteroatoms. The molecule has 1 aromatic heterocycles. The van der Waals surface area contributed by atoms with Crippen LogP contribution in [0.2, 0.25) is 0 Å². The molecule has 0 bridgehead atoms. The van der Waals surface area contributed by atoms with Crippen LogP contribution in [0.1, 0.15) is 36.2 Å². The molecule has 0 aliphatic carbocycles. The number of hydrogen-bond donors (Lipinski definition) is 1. The number of methoxy groups -OCH3 is 1. The van der Waals surface area contributed by atoms with Gasteiger partial charge in [-0.25, -0.2) is 0 Å². The van der Waals surface area contributed by atoms with Crippen molar-refractivity contribution in [1.82, 2.24) is 4.57 Å². The first-order valence-electron chi connectivity index (χ1n) is 11.9. The number of fused-ring (bicyclic) bond motifs is 1. The summed E-state index contributed by atoms with van der Waals surface area (Å²) >= 11 is 1.78. The van der Waals surface area contributed by atoms with E-state index < -0.39 is 11.4 Å². The molecular weight excluding hydrogens is 454 g/mol. The number of benzene rings is 3. The van der Waals surface area contributed by atoms with Crippen LogP contribution < -0.4 is 4.74 Å². The first-order valence-corrected chi connectivity index (χ1v) is 12.9. The number of carboxylic acid groups (broad SMARTS) is 1. The smallest absolute Gasteiger partial charge is 0.309 e. The van der Waals surface area contributed by atoms with Crippen molar-refractivity contribution < 1.29 is 14.6 Å². The predicted molar refractivity (Wildman–Crippen MR) is 144 cm³/mol. The summed E-state index contributed by atoms with van der Waals surface area (Å²) in [5, 5.41) is 10.9. The van der Waals surface area contributed by atoms with Gasteiger partial charge in [-0.1, -0.05) is 54.6 Å². The molecule has 4 nitrogen and oxygen atoms in total. The Morgan fingerprint density at radius 3 is 2.20 bits per heavy atom. The molecule has 0 atom stereocenters. The van der Waals surface area contributed by atoms with Crippen LogP contribution in [0.25, 0.3) is 10.9 Å². The van der Waals surface area contributed by atoms with Crippen LogP contribution in [-0.4, -0.2) is 22.8 Å². The Kier molecular flexibility index (Phi) is 7.56. The molecule has 0 spiro atoms. The van der Waals surface area contributed by atoms with Gasteiger partial charge in [0.25, 0.3) is 0 Å². The second-order valence-corrected chi connectivity index (χ2v) is 10.7. The maximum absolute atomic E-state index is 11.9. The van der Waals surface area contributed by atoms with Crippen molar-refractivity contribution >= 4 is 28.6 Å². The molecule has 3 aromatic carbocycles. The topological polar surface area (TPSA) is 51.5 Å². The lowest BCUT2D eigenvalue weighted by Gasteiger charge is -2.20. The summed E-state index contributed by atoms with van der Waals surface area (Å²) in [5.41, 5.74) is 5.19. The van der Waals surface area contributed by atoms with Crippen molar-refractivity contribution in [2.24, 2.45) is 12.5 Å². The van der Waals surface area contributed by atoms with Gasteiger partial charge in [-0.15, -0.1) is 11.8 Å². The summed E-state index contributed by atoms with van der Waals surface area (Å²) in [6.07, 6.45) is 2.52. The van der Waals surface area contributed by atoms with E-state index in [1.165, 1.54) is 16.7 Å². The zero-order valence-electron chi connectivity index (χ0n) is 20.9. The van der Waals surface area contributed by atoms with Crippen LogP contribution in [-0.2, 0) is 36.9 Å².